The molecule has 3 rings (SSSR count). The monoisotopic (exact) mass is 348 g/mol. The van der Waals surface area contributed by atoms with Crippen LogP contribution < -0.4 is 10.6 Å². The van der Waals surface area contributed by atoms with E-state index in [9.17, 15) is 4.79 Å². The zero-order valence-corrected chi connectivity index (χ0v) is 15.6. The van der Waals surface area contributed by atoms with Crippen LogP contribution in [0.25, 0.3) is 10.9 Å². The number of fused-ring (bicyclic) bond motifs is 1. The van der Waals surface area contributed by atoms with E-state index in [1.54, 1.807) is 0 Å². The third-order valence-corrected chi connectivity index (χ3v) is 4.31. The molecule has 134 valence electrons. The predicted octanol–water partition coefficient (Wildman–Crippen LogP) is 4.37. The number of hydrogen-bond donors (Lipinski definition) is 2. The van der Waals surface area contributed by atoms with E-state index in [0.29, 0.717) is 5.82 Å². The van der Waals surface area contributed by atoms with Gasteiger partial charge in [0.15, 0.2) is 0 Å². The Morgan fingerprint density at radius 1 is 1.00 bits per heavy atom. The van der Waals surface area contributed by atoms with Crippen LogP contribution in [0.5, 0.6) is 0 Å². The summed E-state index contributed by atoms with van der Waals surface area (Å²) < 4.78 is 0. The molecule has 1 heterocycles. The van der Waals surface area contributed by atoms with Gasteiger partial charge in [0.2, 0.25) is 5.91 Å². The van der Waals surface area contributed by atoms with E-state index in [0.717, 1.165) is 16.6 Å². The number of aromatic nitrogens is 2. The number of rotatable bonds is 4. The van der Waals surface area contributed by atoms with Crippen LogP contribution >= 0.6 is 0 Å². The van der Waals surface area contributed by atoms with Crippen LogP contribution in [0.1, 0.15) is 33.3 Å². The Balaban J connectivity index is 1.70. The quantitative estimate of drug-likeness (QED) is 0.735. The maximum absolute atomic E-state index is 12.5. The van der Waals surface area contributed by atoms with Gasteiger partial charge in [0.05, 0.1) is 5.52 Å². The molecule has 0 aliphatic carbocycles. The number of hydrogen-bond acceptors (Lipinski definition) is 4. The summed E-state index contributed by atoms with van der Waals surface area (Å²) in [4.78, 5) is 21.0. The highest BCUT2D eigenvalue weighted by molar-refractivity contribution is 5.98. The molecule has 2 N–H and O–H groups in total. The first kappa shape index (κ1) is 17.9. The minimum atomic E-state index is -0.435. The first-order valence-electron chi connectivity index (χ1n) is 8.72. The molecular weight excluding hydrogens is 324 g/mol. The summed E-state index contributed by atoms with van der Waals surface area (Å²) in [5, 5.41) is 7.01. The number of anilines is 2. The molecule has 0 saturated heterocycles. The average molecular weight is 348 g/mol. The Morgan fingerprint density at radius 3 is 2.38 bits per heavy atom. The first-order chi connectivity index (χ1) is 12.3. The second kappa shape index (κ2) is 7.12. The van der Waals surface area contributed by atoms with Crippen molar-refractivity contribution in [3.05, 3.63) is 60.4 Å². The van der Waals surface area contributed by atoms with Gasteiger partial charge in [0.25, 0.3) is 0 Å². The van der Waals surface area contributed by atoms with Gasteiger partial charge in [0, 0.05) is 11.1 Å². The number of para-hydroxylation sites is 1. The highest BCUT2D eigenvalue weighted by Gasteiger charge is 2.16. The van der Waals surface area contributed by atoms with Crippen molar-refractivity contribution in [1.29, 1.82) is 0 Å². The largest absolute Gasteiger partial charge is 0.358 e. The standard InChI is InChI=1S/C21H24N4O/c1-14(24-19-17-7-5-6-8-18(17)22-13-23-19)20(26)25-16-11-9-15(10-12-16)21(2,3)4/h5-14H,1-4H3,(H,25,26)(H,22,23,24). The van der Waals surface area contributed by atoms with E-state index in [1.165, 1.54) is 11.9 Å². The highest BCUT2D eigenvalue weighted by Crippen LogP contribution is 2.24. The number of benzene rings is 2. The summed E-state index contributed by atoms with van der Waals surface area (Å²) in [6, 6.07) is 15.2. The molecule has 0 fully saturated rings. The molecule has 0 aliphatic heterocycles. The third kappa shape index (κ3) is 3.99. The van der Waals surface area contributed by atoms with E-state index in [2.05, 4.69) is 41.4 Å². The van der Waals surface area contributed by atoms with Crippen LogP contribution in [0.15, 0.2) is 54.9 Å². The van der Waals surface area contributed by atoms with Crippen molar-refractivity contribution in [3.8, 4) is 0 Å². The molecule has 1 amide bonds. The lowest BCUT2D eigenvalue weighted by Crippen LogP contribution is -2.32. The minimum absolute atomic E-state index is 0.0887. The Hall–Kier alpha value is -2.95. The molecule has 5 heteroatoms. The van der Waals surface area contributed by atoms with Crippen molar-refractivity contribution < 1.29 is 4.79 Å². The number of carbonyl (C=O) groups is 1. The smallest absolute Gasteiger partial charge is 0.246 e. The normalized spacial score (nSPS) is 12.6. The van der Waals surface area contributed by atoms with E-state index in [4.69, 9.17) is 0 Å². The van der Waals surface area contributed by atoms with Gasteiger partial charge in [-0.2, -0.15) is 0 Å². The predicted molar refractivity (Wildman–Crippen MR) is 106 cm³/mol. The van der Waals surface area contributed by atoms with Crippen LogP contribution in [0.3, 0.4) is 0 Å². The summed E-state index contributed by atoms with van der Waals surface area (Å²) in [5.41, 5.74) is 2.94. The molecule has 26 heavy (non-hydrogen) atoms. The van der Waals surface area contributed by atoms with Crippen LogP contribution in [0.2, 0.25) is 0 Å². The molecule has 0 radical (unpaired) electrons. The van der Waals surface area contributed by atoms with Crippen molar-refractivity contribution in [3.63, 3.8) is 0 Å². The van der Waals surface area contributed by atoms with Gasteiger partial charge in [-0.25, -0.2) is 9.97 Å². The molecule has 3 aromatic rings. The zero-order valence-electron chi connectivity index (χ0n) is 15.6. The van der Waals surface area contributed by atoms with Crippen molar-refractivity contribution in [2.45, 2.75) is 39.2 Å². The summed E-state index contributed by atoms with van der Waals surface area (Å²) in [5.74, 6) is 0.539. The second-order valence-electron chi connectivity index (χ2n) is 7.42. The van der Waals surface area contributed by atoms with Gasteiger partial charge < -0.3 is 10.6 Å². The Kier molecular flexibility index (Phi) is 4.89. The SMILES string of the molecule is CC(Nc1ncnc2ccccc12)C(=O)Nc1ccc(C(C)(C)C)cc1. The summed E-state index contributed by atoms with van der Waals surface area (Å²) in [6.45, 7) is 8.31. The average Bonchev–Trinajstić information content (AvgIpc) is 2.61. The Labute approximate surface area is 153 Å². The maximum atomic E-state index is 12.5. The van der Waals surface area contributed by atoms with Gasteiger partial charge in [-0.3, -0.25) is 4.79 Å². The molecule has 5 nitrogen and oxygen atoms in total. The van der Waals surface area contributed by atoms with E-state index in [-0.39, 0.29) is 11.3 Å². The van der Waals surface area contributed by atoms with Crippen LogP contribution in [-0.4, -0.2) is 21.9 Å². The minimum Gasteiger partial charge on any atom is -0.358 e. The Morgan fingerprint density at radius 2 is 1.69 bits per heavy atom. The fourth-order valence-electron chi connectivity index (χ4n) is 2.69. The fourth-order valence-corrected chi connectivity index (χ4v) is 2.69. The second-order valence-corrected chi connectivity index (χ2v) is 7.42. The number of nitrogens with one attached hydrogen (secondary N) is 2. The van der Waals surface area contributed by atoms with Gasteiger partial charge >= 0.3 is 0 Å². The van der Waals surface area contributed by atoms with Crippen molar-refractivity contribution in [2.75, 3.05) is 10.6 Å². The summed E-state index contributed by atoms with van der Waals surface area (Å²) >= 11 is 0. The maximum Gasteiger partial charge on any atom is 0.246 e. The molecule has 0 bridgehead atoms. The van der Waals surface area contributed by atoms with Crippen LogP contribution in [0, 0.1) is 0 Å². The Bertz CT molecular complexity index is 908. The third-order valence-electron chi connectivity index (χ3n) is 4.31. The zero-order chi connectivity index (χ0) is 18.7. The number of carbonyl (C=O) groups excluding carboxylic acids is 1. The van der Waals surface area contributed by atoms with Crippen molar-refractivity contribution >= 4 is 28.3 Å². The molecule has 2 aromatic carbocycles. The lowest BCUT2D eigenvalue weighted by Gasteiger charge is -2.20. The van der Waals surface area contributed by atoms with Crippen molar-refractivity contribution in [2.24, 2.45) is 0 Å². The topological polar surface area (TPSA) is 66.9 Å². The van der Waals surface area contributed by atoms with Crippen molar-refractivity contribution in [1.82, 2.24) is 9.97 Å². The number of nitrogens with zero attached hydrogens (tertiary/aromatic N) is 2. The van der Waals surface area contributed by atoms with Gasteiger partial charge in [-0.05, 0) is 42.2 Å². The lowest BCUT2D eigenvalue weighted by atomic mass is 9.87. The molecule has 0 spiro atoms. The molecule has 1 aromatic heterocycles. The molecular formula is C21H24N4O. The van der Waals surface area contributed by atoms with E-state index < -0.39 is 6.04 Å². The molecule has 0 aliphatic rings. The van der Waals surface area contributed by atoms with E-state index >= 15 is 0 Å². The highest BCUT2D eigenvalue weighted by atomic mass is 16.2. The fraction of sp³-hybridized carbons (Fsp3) is 0.286. The summed E-state index contributed by atoms with van der Waals surface area (Å²) in [6.07, 6.45) is 1.50. The number of amides is 1. The van der Waals surface area contributed by atoms with Gasteiger partial charge in [-0.15, -0.1) is 0 Å². The lowest BCUT2D eigenvalue weighted by molar-refractivity contribution is -0.116. The van der Waals surface area contributed by atoms with E-state index in [1.807, 2.05) is 55.5 Å². The molecule has 1 unspecified atom stereocenters. The van der Waals surface area contributed by atoms with Crippen LogP contribution in [0.4, 0.5) is 11.5 Å². The first-order valence-corrected chi connectivity index (χ1v) is 8.72. The molecule has 1 atom stereocenters. The molecule has 0 saturated carbocycles. The summed E-state index contributed by atoms with van der Waals surface area (Å²) in [7, 11) is 0. The van der Waals surface area contributed by atoms with Crippen LogP contribution in [-0.2, 0) is 10.2 Å². The van der Waals surface area contributed by atoms with Gasteiger partial charge in [-0.1, -0.05) is 45.0 Å². The van der Waals surface area contributed by atoms with Gasteiger partial charge in [0.1, 0.15) is 18.2 Å².